The largest absolute Gasteiger partial charge is 0.478 e. The van der Waals surface area contributed by atoms with Crippen molar-refractivity contribution in [1.82, 2.24) is 0 Å². The summed E-state index contributed by atoms with van der Waals surface area (Å²) in [6, 6.07) is 9.22. The van der Waals surface area contributed by atoms with E-state index < -0.39 is 39.6 Å². The van der Waals surface area contributed by atoms with Gasteiger partial charge in [0.2, 0.25) is 0 Å². The van der Waals surface area contributed by atoms with Crippen LogP contribution >= 0.6 is 0 Å². The molecule has 0 bridgehead atoms. The van der Waals surface area contributed by atoms with Gasteiger partial charge in [-0.2, -0.15) is 13.2 Å². The summed E-state index contributed by atoms with van der Waals surface area (Å²) in [5.41, 5.74) is -2.94. The van der Waals surface area contributed by atoms with E-state index >= 15 is 0 Å². The Morgan fingerprint density at radius 2 is 1.83 bits per heavy atom. The first-order chi connectivity index (χ1) is 11.2. The van der Waals surface area contributed by atoms with Crippen molar-refractivity contribution in [1.29, 1.82) is 0 Å². The second-order valence-corrected chi connectivity index (χ2v) is 4.82. The summed E-state index contributed by atoms with van der Waals surface area (Å²) in [5.74, 6) is -1.69. The van der Waals surface area contributed by atoms with Gasteiger partial charge in [0.25, 0.3) is 5.69 Å². The Morgan fingerprint density at radius 1 is 1.21 bits per heavy atom. The molecule has 6 nitrogen and oxygen atoms in total. The number of nitrogens with one attached hydrogen (secondary N) is 1. The first-order valence-corrected chi connectivity index (χ1v) is 6.61. The number of carboxylic acids is 1. The summed E-state index contributed by atoms with van der Waals surface area (Å²) in [7, 11) is 0. The van der Waals surface area contributed by atoms with Crippen molar-refractivity contribution in [3.63, 3.8) is 0 Å². The molecule has 0 radical (unpaired) electrons. The van der Waals surface area contributed by atoms with Crippen molar-refractivity contribution >= 4 is 17.3 Å². The van der Waals surface area contributed by atoms with E-state index in [-0.39, 0.29) is 6.54 Å². The average Bonchev–Trinajstić information content (AvgIpc) is 2.51. The van der Waals surface area contributed by atoms with Gasteiger partial charge in [-0.3, -0.25) is 10.1 Å². The Morgan fingerprint density at radius 3 is 2.33 bits per heavy atom. The molecule has 2 aromatic rings. The standard InChI is InChI=1S/C15H11F3N2O4/c16-15(17,18)10-6-11(14(21)22)13(12(7-10)20(23)24)19-8-9-4-2-1-3-5-9/h1-7,19H,8H2,(H,21,22). The van der Waals surface area contributed by atoms with Crippen LogP contribution in [0.15, 0.2) is 42.5 Å². The van der Waals surface area contributed by atoms with Crippen LogP contribution in [0.25, 0.3) is 0 Å². The number of aromatic carboxylic acids is 1. The molecule has 2 rings (SSSR count). The van der Waals surface area contributed by atoms with Crippen LogP contribution in [0.3, 0.4) is 0 Å². The maximum atomic E-state index is 12.8. The van der Waals surface area contributed by atoms with Gasteiger partial charge < -0.3 is 10.4 Å². The molecule has 0 aliphatic rings. The molecule has 0 aliphatic carbocycles. The lowest BCUT2D eigenvalue weighted by atomic mass is 10.1. The molecule has 0 saturated heterocycles. The first kappa shape index (κ1) is 17.3. The fraction of sp³-hybridized carbons (Fsp3) is 0.133. The third-order valence-electron chi connectivity index (χ3n) is 3.18. The molecule has 2 N–H and O–H groups in total. The second-order valence-electron chi connectivity index (χ2n) is 4.82. The molecule has 0 unspecified atom stereocenters. The monoisotopic (exact) mass is 340 g/mol. The SMILES string of the molecule is O=C(O)c1cc(C(F)(F)F)cc([N+](=O)[O-])c1NCc1ccccc1. The van der Waals surface area contributed by atoms with Crippen LogP contribution in [-0.2, 0) is 12.7 Å². The van der Waals surface area contributed by atoms with Crippen molar-refractivity contribution in [3.8, 4) is 0 Å². The molecule has 0 spiro atoms. The zero-order chi connectivity index (χ0) is 17.9. The number of benzene rings is 2. The number of hydrogen-bond donors (Lipinski definition) is 2. The number of rotatable bonds is 5. The molecule has 9 heteroatoms. The highest BCUT2D eigenvalue weighted by Gasteiger charge is 2.35. The second kappa shape index (κ2) is 6.57. The third-order valence-corrected chi connectivity index (χ3v) is 3.18. The lowest BCUT2D eigenvalue weighted by Gasteiger charge is -2.13. The van der Waals surface area contributed by atoms with E-state index in [1.54, 1.807) is 30.3 Å². The van der Waals surface area contributed by atoms with E-state index in [4.69, 9.17) is 5.11 Å². The van der Waals surface area contributed by atoms with E-state index in [0.29, 0.717) is 17.7 Å². The van der Waals surface area contributed by atoms with Gasteiger partial charge in [0.15, 0.2) is 0 Å². The molecule has 0 aromatic heterocycles. The number of carbonyl (C=O) groups is 1. The number of alkyl halides is 3. The minimum Gasteiger partial charge on any atom is -0.478 e. The van der Waals surface area contributed by atoms with E-state index in [1.807, 2.05) is 0 Å². The zero-order valence-corrected chi connectivity index (χ0v) is 12.0. The van der Waals surface area contributed by atoms with E-state index in [1.165, 1.54) is 0 Å². The van der Waals surface area contributed by atoms with Crippen LogP contribution in [0.4, 0.5) is 24.5 Å². The van der Waals surface area contributed by atoms with Gasteiger partial charge in [0, 0.05) is 12.6 Å². The molecule has 0 atom stereocenters. The summed E-state index contributed by atoms with van der Waals surface area (Å²) in [6.07, 6.45) is -4.90. The third kappa shape index (κ3) is 3.80. The van der Waals surface area contributed by atoms with Gasteiger partial charge in [-0.25, -0.2) is 4.79 Å². The lowest BCUT2D eigenvalue weighted by Crippen LogP contribution is -2.13. The number of nitrogens with zero attached hydrogens (tertiary/aromatic N) is 1. The smallest absolute Gasteiger partial charge is 0.416 e. The fourth-order valence-electron chi connectivity index (χ4n) is 2.08. The van der Waals surface area contributed by atoms with E-state index in [0.717, 1.165) is 0 Å². The Kier molecular flexibility index (Phi) is 4.72. The fourth-order valence-corrected chi connectivity index (χ4v) is 2.08. The molecular formula is C15H11F3N2O4. The van der Waals surface area contributed by atoms with Gasteiger partial charge in [-0.05, 0) is 11.6 Å². The predicted molar refractivity (Wildman–Crippen MR) is 78.8 cm³/mol. The van der Waals surface area contributed by atoms with Crippen molar-refractivity contribution in [2.24, 2.45) is 0 Å². The Labute approximate surface area is 133 Å². The van der Waals surface area contributed by atoms with Crippen LogP contribution in [0, 0.1) is 10.1 Å². The number of anilines is 1. The lowest BCUT2D eigenvalue weighted by molar-refractivity contribution is -0.384. The van der Waals surface area contributed by atoms with Crippen molar-refractivity contribution in [2.45, 2.75) is 12.7 Å². The topological polar surface area (TPSA) is 92.5 Å². The molecule has 0 amide bonds. The minimum absolute atomic E-state index is 0.0212. The summed E-state index contributed by atoms with van der Waals surface area (Å²) >= 11 is 0. The van der Waals surface area contributed by atoms with Crippen molar-refractivity contribution in [3.05, 3.63) is 69.3 Å². The molecule has 24 heavy (non-hydrogen) atoms. The minimum atomic E-state index is -4.90. The highest BCUT2D eigenvalue weighted by Crippen LogP contribution is 2.37. The molecule has 2 aromatic carbocycles. The van der Waals surface area contributed by atoms with E-state index in [2.05, 4.69) is 5.32 Å². The summed E-state index contributed by atoms with van der Waals surface area (Å²) < 4.78 is 38.5. The number of nitro benzene ring substituents is 1. The van der Waals surface area contributed by atoms with Crippen molar-refractivity contribution in [2.75, 3.05) is 5.32 Å². The highest BCUT2D eigenvalue weighted by molar-refractivity contribution is 5.97. The van der Waals surface area contributed by atoms with Crippen LogP contribution in [0.5, 0.6) is 0 Å². The maximum Gasteiger partial charge on any atom is 0.416 e. The first-order valence-electron chi connectivity index (χ1n) is 6.61. The molecule has 0 heterocycles. The molecule has 0 fully saturated rings. The predicted octanol–water partition coefficient (Wildman–Crippen LogP) is 3.92. The van der Waals surface area contributed by atoms with Crippen LogP contribution in [0.2, 0.25) is 0 Å². The van der Waals surface area contributed by atoms with Gasteiger partial charge in [-0.1, -0.05) is 30.3 Å². The zero-order valence-electron chi connectivity index (χ0n) is 12.0. The molecular weight excluding hydrogens is 329 g/mol. The Bertz CT molecular complexity index is 741. The van der Waals surface area contributed by atoms with Gasteiger partial charge in [0.1, 0.15) is 5.69 Å². The molecule has 0 aliphatic heterocycles. The quantitative estimate of drug-likeness (QED) is 0.636. The normalized spacial score (nSPS) is 11.1. The summed E-state index contributed by atoms with van der Waals surface area (Å²) in [5, 5.41) is 22.8. The summed E-state index contributed by atoms with van der Waals surface area (Å²) in [4.78, 5) is 21.3. The molecule has 0 saturated carbocycles. The van der Waals surface area contributed by atoms with Gasteiger partial charge >= 0.3 is 12.1 Å². The number of nitro groups is 1. The molecule has 126 valence electrons. The maximum absolute atomic E-state index is 12.8. The van der Waals surface area contributed by atoms with Crippen molar-refractivity contribution < 1.29 is 28.0 Å². The Hall–Kier alpha value is -3.10. The number of hydrogen-bond acceptors (Lipinski definition) is 4. The van der Waals surface area contributed by atoms with Gasteiger partial charge in [-0.15, -0.1) is 0 Å². The van der Waals surface area contributed by atoms with Crippen LogP contribution < -0.4 is 5.32 Å². The van der Waals surface area contributed by atoms with Crippen LogP contribution in [-0.4, -0.2) is 16.0 Å². The average molecular weight is 340 g/mol. The van der Waals surface area contributed by atoms with Gasteiger partial charge in [0.05, 0.1) is 16.1 Å². The Balaban J connectivity index is 2.51. The highest BCUT2D eigenvalue weighted by atomic mass is 19.4. The number of halogens is 3. The summed E-state index contributed by atoms with van der Waals surface area (Å²) in [6.45, 7) is 0.0212. The van der Waals surface area contributed by atoms with Crippen LogP contribution in [0.1, 0.15) is 21.5 Å². The number of carboxylic acid groups (broad SMARTS) is 1. The van der Waals surface area contributed by atoms with E-state index in [9.17, 15) is 28.1 Å².